The third-order valence-corrected chi connectivity index (χ3v) is 3.76. The number of benzene rings is 1. The van der Waals surface area contributed by atoms with Crippen molar-refractivity contribution in [2.24, 2.45) is 0 Å². The minimum absolute atomic E-state index is 0. The van der Waals surface area contributed by atoms with Gasteiger partial charge in [-0.1, -0.05) is 12.1 Å². The lowest BCUT2D eigenvalue weighted by molar-refractivity contribution is -0.131. The molecular weight excluding hydrogens is 276 g/mol. The minimum atomic E-state index is 0. The van der Waals surface area contributed by atoms with Crippen molar-refractivity contribution in [1.82, 2.24) is 10.2 Å². The molecule has 0 spiro atoms. The fourth-order valence-corrected chi connectivity index (χ4v) is 2.44. The molecule has 1 aliphatic rings. The van der Waals surface area contributed by atoms with Crippen LogP contribution in [0, 0.1) is 0 Å². The van der Waals surface area contributed by atoms with Crippen LogP contribution in [0.25, 0.3) is 0 Å². The Morgan fingerprint density at radius 2 is 1.90 bits per heavy atom. The van der Waals surface area contributed by atoms with Crippen LogP contribution in [-0.4, -0.2) is 44.1 Å². The molecular formula is C15H23ClN2O2. The molecule has 112 valence electrons. The largest absolute Gasteiger partial charge is 0.497 e. The summed E-state index contributed by atoms with van der Waals surface area (Å²) in [7, 11) is 3.56. The van der Waals surface area contributed by atoms with Crippen LogP contribution in [0.2, 0.25) is 0 Å². The van der Waals surface area contributed by atoms with Crippen molar-refractivity contribution in [3.05, 3.63) is 29.8 Å². The molecule has 0 saturated carbocycles. The minimum Gasteiger partial charge on any atom is -0.497 e. The van der Waals surface area contributed by atoms with E-state index in [2.05, 4.69) is 5.32 Å². The van der Waals surface area contributed by atoms with Gasteiger partial charge in [-0.05, 0) is 43.6 Å². The maximum atomic E-state index is 12.2. The van der Waals surface area contributed by atoms with Crippen molar-refractivity contribution >= 4 is 18.3 Å². The first-order valence-corrected chi connectivity index (χ1v) is 6.80. The van der Waals surface area contributed by atoms with E-state index in [1.54, 1.807) is 7.11 Å². The number of methoxy groups -OCH3 is 1. The van der Waals surface area contributed by atoms with Gasteiger partial charge in [0.25, 0.3) is 0 Å². The summed E-state index contributed by atoms with van der Waals surface area (Å²) in [6.07, 6.45) is 2.56. The molecule has 20 heavy (non-hydrogen) atoms. The predicted molar refractivity (Wildman–Crippen MR) is 82.6 cm³/mol. The van der Waals surface area contributed by atoms with Gasteiger partial charge in [-0.25, -0.2) is 0 Å². The molecule has 1 aliphatic heterocycles. The van der Waals surface area contributed by atoms with Gasteiger partial charge >= 0.3 is 0 Å². The van der Waals surface area contributed by atoms with Gasteiger partial charge in [0.05, 0.1) is 13.5 Å². The average molecular weight is 299 g/mol. The van der Waals surface area contributed by atoms with E-state index in [0.717, 1.165) is 37.2 Å². The third kappa shape index (κ3) is 4.39. The number of amides is 1. The van der Waals surface area contributed by atoms with Crippen LogP contribution in [-0.2, 0) is 11.2 Å². The first kappa shape index (κ1) is 16.8. The molecule has 0 atom stereocenters. The van der Waals surface area contributed by atoms with Crippen LogP contribution in [0.3, 0.4) is 0 Å². The van der Waals surface area contributed by atoms with Crippen molar-refractivity contribution in [3.8, 4) is 5.75 Å². The van der Waals surface area contributed by atoms with Crippen molar-refractivity contribution in [1.29, 1.82) is 0 Å². The standard InChI is InChI=1S/C15H22N2O2.ClH/c1-17(13-7-9-16-10-8-13)15(18)11-12-3-5-14(19-2)6-4-12;/h3-6,13,16H,7-11H2,1-2H3;1H. The summed E-state index contributed by atoms with van der Waals surface area (Å²) in [5.74, 6) is 1.01. The summed E-state index contributed by atoms with van der Waals surface area (Å²) in [6.45, 7) is 2.01. The Morgan fingerprint density at radius 1 is 1.30 bits per heavy atom. The Balaban J connectivity index is 0.00000200. The number of halogens is 1. The molecule has 0 radical (unpaired) electrons. The number of piperidine rings is 1. The summed E-state index contributed by atoms with van der Waals surface area (Å²) in [5.41, 5.74) is 1.03. The molecule has 1 saturated heterocycles. The zero-order valence-electron chi connectivity index (χ0n) is 12.1. The molecule has 1 aromatic rings. The topological polar surface area (TPSA) is 41.6 Å². The van der Waals surface area contributed by atoms with E-state index >= 15 is 0 Å². The number of hydrogen-bond donors (Lipinski definition) is 1. The van der Waals surface area contributed by atoms with Crippen LogP contribution < -0.4 is 10.1 Å². The third-order valence-electron chi connectivity index (χ3n) is 3.76. The smallest absolute Gasteiger partial charge is 0.226 e. The second kappa shape index (κ2) is 8.12. The summed E-state index contributed by atoms with van der Waals surface area (Å²) in [4.78, 5) is 14.1. The van der Waals surface area contributed by atoms with E-state index in [-0.39, 0.29) is 18.3 Å². The molecule has 0 unspecified atom stereocenters. The van der Waals surface area contributed by atoms with Crippen LogP contribution in [0.1, 0.15) is 18.4 Å². The number of nitrogens with one attached hydrogen (secondary N) is 1. The number of carbonyl (C=O) groups excluding carboxylic acids is 1. The Labute approximate surface area is 126 Å². The van der Waals surface area contributed by atoms with E-state index in [1.165, 1.54) is 0 Å². The molecule has 2 rings (SSSR count). The van der Waals surface area contributed by atoms with Gasteiger partial charge in [0, 0.05) is 13.1 Å². The normalized spacial score (nSPS) is 15.3. The van der Waals surface area contributed by atoms with Gasteiger partial charge in [-0.3, -0.25) is 4.79 Å². The summed E-state index contributed by atoms with van der Waals surface area (Å²) in [6, 6.07) is 8.08. The average Bonchev–Trinajstić information content (AvgIpc) is 2.48. The van der Waals surface area contributed by atoms with Gasteiger partial charge in [0.2, 0.25) is 5.91 Å². The van der Waals surface area contributed by atoms with E-state index in [4.69, 9.17) is 4.74 Å². The summed E-state index contributed by atoms with van der Waals surface area (Å²) in [5, 5.41) is 3.32. The number of carbonyl (C=O) groups is 1. The zero-order valence-corrected chi connectivity index (χ0v) is 12.9. The molecule has 0 aliphatic carbocycles. The second-order valence-electron chi connectivity index (χ2n) is 5.01. The van der Waals surface area contributed by atoms with Gasteiger partial charge in [0.1, 0.15) is 5.75 Å². The predicted octanol–water partition coefficient (Wildman–Crippen LogP) is 1.87. The zero-order chi connectivity index (χ0) is 13.7. The first-order chi connectivity index (χ1) is 9.20. The molecule has 1 N–H and O–H groups in total. The van der Waals surface area contributed by atoms with E-state index in [1.807, 2.05) is 36.2 Å². The number of hydrogen-bond acceptors (Lipinski definition) is 3. The molecule has 5 heteroatoms. The number of nitrogens with zero attached hydrogens (tertiary/aromatic N) is 1. The Hall–Kier alpha value is -1.26. The van der Waals surface area contributed by atoms with Crippen molar-refractivity contribution in [2.45, 2.75) is 25.3 Å². The van der Waals surface area contributed by atoms with E-state index in [9.17, 15) is 4.79 Å². The summed E-state index contributed by atoms with van der Waals surface area (Å²) < 4.78 is 5.11. The lowest BCUT2D eigenvalue weighted by atomic mass is 10.0. The highest BCUT2D eigenvalue weighted by Crippen LogP contribution is 2.14. The van der Waals surface area contributed by atoms with Gasteiger partial charge in [-0.15, -0.1) is 12.4 Å². The quantitative estimate of drug-likeness (QED) is 0.923. The number of likely N-dealkylation sites (N-methyl/N-ethyl adjacent to an activating group) is 1. The highest BCUT2D eigenvalue weighted by molar-refractivity contribution is 5.85. The lowest BCUT2D eigenvalue weighted by Gasteiger charge is -2.31. The highest BCUT2D eigenvalue weighted by atomic mass is 35.5. The molecule has 1 aromatic carbocycles. The SMILES string of the molecule is COc1ccc(CC(=O)N(C)C2CCNCC2)cc1.Cl. The number of ether oxygens (including phenoxy) is 1. The van der Waals surface area contributed by atoms with Gasteiger partial charge < -0.3 is 15.0 Å². The molecule has 1 fully saturated rings. The maximum Gasteiger partial charge on any atom is 0.226 e. The Bertz CT molecular complexity index is 416. The van der Waals surface area contributed by atoms with Crippen LogP contribution >= 0.6 is 12.4 Å². The monoisotopic (exact) mass is 298 g/mol. The van der Waals surface area contributed by atoms with Crippen molar-refractivity contribution in [2.75, 3.05) is 27.2 Å². The van der Waals surface area contributed by atoms with Crippen molar-refractivity contribution < 1.29 is 9.53 Å². The fourth-order valence-electron chi connectivity index (χ4n) is 2.44. The highest BCUT2D eigenvalue weighted by Gasteiger charge is 2.21. The molecule has 0 bridgehead atoms. The van der Waals surface area contributed by atoms with Crippen molar-refractivity contribution in [3.63, 3.8) is 0 Å². The molecule has 0 aromatic heterocycles. The Kier molecular flexibility index (Phi) is 6.82. The fraction of sp³-hybridized carbons (Fsp3) is 0.533. The number of rotatable bonds is 4. The lowest BCUT2D eigenvalue weighted by Crippen LogP contribution is -2.44. The van der Waals surface area contributed by atoms with Gasteiger partial charge in [0.15, 0.2) is 0 Å². The molecule has 4 nitrogen and oxygen atoms in total. The van der Waals surface area contributed by atoms with E-state index < -0.39 is 0 Å². The molecule has 1 heterocycles. The second-order valence-corrected chi connectivity index (χ2v) is 5.01. The van der Waals surface area contributed by atoms with Crippen LogP contribution in [0.15, 0.2) is 24.3 Å². The van der Waals surface area contributed by atoms with Gasteiger partial charge in [-0.2, -0.15) is 0 Å². The Morgan fingerprint density at radius 3 is 2.45 bits per heavy atom. The van der Waals surface area contributed by atoms with Crippen LogP contribution in [0.5, 0.6) is 5.75 Å². The van der Waals surface area contributed by atoms with E-state index in [0.29, 0.717) is 12.5 Å². The molecule has 1 amide bonds. The summed E-state index contributed by atoms with van der Waals surface area (Å²) >= 11 is 0. The van der Waals surface area contributed by atoms with Crippen LogP contribution in [0.4, 0.5) is 0 Å². The first-order valence-electron chi connectivity index (χ1n) is 6.80. The maximum absolute atomic E-state index is 12.2.